The molecule has 0 bridgehead atoms. The molecule has 1 aromatic heterocycles. The molecule has 100 valence electrons. The van der Waals surface area contributed by atoms with E-state index >= 15 is 0 Å². The Morgan fingerprint density at radius 3 is 2.47 bits per heavy atom. The van der Waals surface area contributed by atoms with E-state index in [0.717, 1.165) is 12.1 Å². The number of benzene rings is 1. The van der Waals surface area contributed by atoms with Gasteiger partial charge in [-0.15, -0.1) is 0 Å². The summed E-state index contributed by atoms with van der Waals surface area (Å²) in [4.78, 5) is 7.47. The van der Waals surface area contributed by atoms with Gasteiger partial charge in [-0.05, 0) is 35.9 Å². The normalized spacial score (nSPS) is 11.4. The van der Waals surface area contributed by atoms with Gasteiger partial charge in [0.15, 0.2) is 0 Å². The molecule has 0 spiro atoms. The number of hydrogen-bond acceptors (Lipinski definition) is 3. The van der Waals surface area contributed by atoms with Gasteiger partial charge in [-0.3, -0.25) is 0 Å². The standard InChI is InChI=1S/C11H6Cl2F3N3/c12-7-3-6(11(14,15)16)4-8(5-7)18-9-1-2-17-10(13)19-9/h1-5H,(H,17,18,19). The maximum atomic E-state index is 12.6. The van der Waals surface area contributed by atoms with Gasteiger partial charge < -0.3 is 5.32 Å². The number of nitrogens with one attached hydrogen (secondary N) is 1. The van der Waals surface area contributed by atoms with Crippen LogP contribution in [0.2, 0.25) is 10.3 Å². The minimum atomic E-state index is -4.47. The molecule has 2 rings (SSSR count). The predicted molar refractivity (Wildman–Crippen MR) is 66.8 cm³/mol. The van der Waals surface area contributed by atoms with Crippen LogP contribution in [0.4, 0.5) is 24.7 Å². The first-order valence-electron chi connectivity index (χ1n) is 4.98. The lowest BCUT2D eigenvalue weighted by Gasteiger charge is -2.11. The van der Waals surface area contributed by atoms with Gasteiger partial charge in [0.2, 0.25) is 5.28 Å². The molecule has 2 aromatic rings. The number of halogens is 5. The summed E-state index contributed by atoms with van der Waals surface area (Å²) in [5.74, 6) is 0.274. The van der Waals surface area contributed by atoms with Crippen LogP contribution in [0.5, 0.6) is 0 Å². The van der Waals surface area contributed by atoms with E-state index in [1.54, 1.807) is 0 Å². The summed E-state index contributed by atoms with van der Waals surface area (Å²) >= 11 is 11.2. The van der Waals surface area contributed by atoms with Crippen molar-refractivity contribution in [2.75, 3.05) is 5.32 Å². The summed E-state index contributed by atoms with van der Waals surface area (Å²) in [6, 6.07) is 4.61. The van der Waals surface area contributed by atoms with Crippen molar-refractivity contribution in [2.45, 2.75) is 6.18 Å². The summed E-state index contributed by atoms with van der Waals surface area (Å²) in [5.41, 5.74) is -0.683. The molecule has 0 aliphatic heterocycles. The van der Waals surface area contributed by atoms with Crippen molar-refractivity contribution in [3.63, 3.8) is 0 Å². The third-order valence-corrected chi connectivity index (χ3v) is 2.52. The molecule has 0 unspecified atom stereocenters. The van der Waals surface area contributed by atoms with Gasteiger partial charge >= 0.3 is 6.18 Å². The number of anilines is 2. The highest BCUT2D eigenvalue weighted by Gasteiger charge is 2.31. The highest BCUT2D eigenvalue weighted by Crippen LogP contribution is 2.33. The molecule has 0 aliphatic carbocycles. The minimum absolute atomic E-state index is 0.0110. The van der Waals surface area contributed by atoms with E-state index in [9.17, 15) is 13.2 Å². The fourth-order valence-corrected chi connectivity index (χ4v) is 1.76. The van der Waals surface area contributed by atoms with Gasteiger partial charge in [0.05, 0.1) is 5.56 Å². The number of alkyl halides is 3. The zero-order valence-electron chi connectivity index (χ0n) is 9.17. The second-order valence-electron chi connectivity index (χ2n) is 3.56. The molecule has 0 radical (unpaired) electrons. The Bertz CT molecular complexity index is 602. The largest absolute Gasteiger partial charge is 0.416 e. The molecule has 0 saturated carbocycles. The zero-order chi connectivity index (χ0) is 14.0. The molecule has 19 heavy (non-hydrogen) atoms. The smallest absolute Gasteiger partial charge is 0.340 e. The summed E-state index contributed by atoms with van der Waals surface area (Å²) in [7, 11) is 0. The van der Waals surface area contributed by atoms with E-state index < -0.39 is 11.7 Å². The van der Waals surface area contributed by atoms with Gasteiger partial charge in [-0.2, -0.15) is 13.2 Å². The third kappa shape index (κ3) is 3.71. The topological polar surface area (TPSA) is 37.8 Å². The molecule has 1 heterocycles. The summed E-state index contributed by atoms with van der Waals surface area (Å²) in [6.45, 7) is 0. The Labute approximate surface area is 116 Å². The Hall–Kier alpha value is -1.53. The van der Waals surface area contributed by atoms with Crippen molar-refractivity contribution in [2.24, 2.45) is 0 Å². The molecular formula is C11H6Cl2F3N3. The van der Waals surface area contributed by atoms with Gasteiger partial charge in [0, 0.05) is 16.9 Å². The molecule has 0 aliphatic rings. The van der Waals surface area contributed by atoms with Gasteiger partial charge in [0.1, 0.15) is 5.82 Å². The van der Waals surface area contributed by atoms with Crippen LogP contribution in [0.25, 0.3) is 0 Å². The maximum absolute atomic E-state index is 12.6. The second kappa shape index (κ2) is 5.22. The first-order chi connectivity index (χ1) is 8.84. The number of hydrogen-bond donors (Lipinski definition) is 1. The molecule has 1 aromatic carbocycles. The second-order valence-corrected chi connectivity index (χ2v) is 4.34. The molecule has 0 atom stereocenters. The van der Waals surface area contributed by atoms with Gasteiger partial charge in [0.25, 0.3) is 0 Å². The average Bonchev–Trinajstić information content (AvgIpc) is 2.26. The summed E-state index contributed by atoms with van der Waals surface area (Å²) in [6.07, 6.45) is -3.09. The van der Waals surface area contributed by atoms with Crippen molar-refractivity contribution >= 4 is 34.7 Å². The molecule has 0 fully saturated rings. The van der Waals surface area contributed by atoms with Crippen LogP contribution >= 0.6 is 23.2 Å². The Morgan fingerprint density at radius 1 is 1.11 bits per heavy atom. The van der Waals surface area contributed by atoms with Crippen LogP contribution in [0, 0.1) is 0 Å². The number of aromatic nitrogens is 2. The Morgan fingerprint density at radius 2 is 1.84 bits per heavy atom. The lowest BCUT2D eigenvalue weighted by atomic mass is 10.2. The highest BCUT2D eigenvalue weighted by molar-refractivity contribution is 6.31. The van der Waals surface area contributed by atoms with Crippen LogP contribution in [0.15, 0.2) is 30.5 Å². The van der Waals surface area contributed by atoms with Crippen LogP contribution in [0.1, 0.15) is 5.56 Å². The van der Waals surface area contributed by atoms with Crippen molar-refractivity contribution in [1.29, 1.82) is 0 Å². The Balaban J connectivity index is 2.33. The molecular weight excluding hydrogens is 302 g/mol. The Kier molecular flexibility index (Phi) is 3.82. The minimum Gasteiger partial charge on any atom is -0.340 e. The van der Waals surface area contributed by atoms with Crippen LogP contribution in [-0.2, 0) is 6.18 Å². The van der Waals surface area contributed by atoms with Crippen molar-refractivity contribution in [3.05, 3.63) is 46.3 Å². The first-order valence-corrected chi connectivity index (χ1v) is 5.73. The van der Waals surface area contributed by atoms with Crippen LogP contribution < -0.4 is 5.32 Å². The van der Waals surface area contributed by atoms with E-state index in [4.69, 9.17) is 23.2 Å². The van der Waals surface area contributed by atoms with Crippen molar-refractivity contribution in [3.8, 4) is 0 Å². The number of rotatable bonds is 2. The SMILES string of the molecule is FC(F)(F)c1cc(Cl)cc(Nc2ccnc(Cl)n2)c1. The van der Waals surface area contributed by atoms with Crippen LogP contribution in [-0.4, -0.2) is 9.97 Å². The van der Waals surface area contributed by atoms with E-state index in [-0.39, 0.29) is 21.8 Å². The van der Waals surface area contributed by atoms with E-state index in [0.29, 0.717) is 0 Å². The predicted octanol–water partition coefficient (Wildman–Crippen LogP) is 4.55. The van der Waals surface area contributed by atoms with Crippen molar-refractivity contribution < 1.29 is 13.2 Å². The summed E-state index contributed by atoms with van der Waals surface area (Å²) < 4.78 is 37.9. The molecule has 0 amide bonds. The molecule has 0 saturated heterocycles. The van der Waals surface area contributed by atoms with Gasteiger partial charge in [-0.25, -0.2) is 9.97 Å². The fourth-order valence-electron chi connectivity index (χ4n) is 1.38. The molecule has 8 heteroatoms. The van der Waals surface area contributed by atoms with E-state index in [1.165, 1.54) is 18.3 Å². The van der Waals surface area contributed by atoms with Crippen LogP contribution in [0.3, 0.4) is 0 Å². The molecule has 1 N–H and O–H groups in total. The summed E-state index contributed by atoms with van der Waals surface area (Å²) in [5, 5.41) is 2.64. The first kappa shape index (κ1) is 13.9. The molecule has 3 nitrogen and oxygen atoms in total. The fraction of sp³-hybridized carbons (Fsp3) is 0.0909. The van der Waals surface area contributed by atoms with Crippen molar-refractivity contribution in [1.82, 2.24) is 9.97 Å². The van der Waals surface area contributed by atoms with E-state index in [1.807, 2.05) is 0 Å². The lowest BCUT2D eigenvalue weighted by Crippen LogP contribution is -2.05. The number of nitrogens with zero attached hydrogens (tertiary/aromatic N) is 2. The zero-order valence-corrected chi connectivity index (χ0v) is 10.7. The lowest BCUT2D eigenvalue weighted by molar-refractivity contribution is -0.137. The maximum Gasteiger partial charge on any atom is 0.416 e. The third-order valence-electron chi connectivity index (χ3n) is 2.12. The van der Waals surface area contributed by atoms with Gasteiger partial charge in [-0.1, -0.05) is 11.6 Å². The quantitative estimate of drug-likeness (QED) is 0.827. The van der Waals surface area contributed by atoms with E-state index in [2.05, 4.69) is 15.3 Å². The highest BCUT2D eigenvalue weighted by atomic mass is 35.5. The monoisotopic (exact) mass is 307 g/mol. The average molecular weight is 308 g/mol.